The lowest BCUT2D eigenvalue weighted by Crippen LogP contribution is -2.53. The van der Waals surface area contributed by atoms with E-state index in [1.165, 1.54) is 0 Å². The third-order valence-electron chi connectivity index (χ3n) is 3.31. The summed E-state index contributed by atoms with van der Waals surface area (Å²) in [6.07, 6.45) is 0.545. The van der Waals surface area contributed by atoms with Gasteiger partial charge in [-0.3, -0.25) is 4.79 Å². The highest BCUT2D eigenvalue weighted by Gasteiger charge is 2.29. The van der Waals surface area contributed by atoms with E-state index in [2.05, 4.69) is 5.32 Å². The third-order valence-corrected chi connectivity index (χ3v) is 3.31. The second-order valence-corrected chi connectivity index (χ2v) is 5.09. The molecule has 0 fully saturated rings. The molecule has 1 rings (SSSR count). The number of nitrogens with two attached hydrogens (primary N) is 1. The Morgan fingerprint density at radius 3 is 2.68 bits per heavy atom. The van der Waals surface area contributed by atoms with Gasteiger partial charge in [0.05, 0.1) is 12.1 Å². The molecule has 19 heavy (non-hydrogen) atoms. The lowest BCUT2D eigenvalue weighted by Gasteiger charge is -2.27. The number of rotatable bonds is 7. The number of benzene rings is 1. The Morgan fingerprint density at radius 1 is 1.42 bits per heavy atom. The highest BCUT2D eigenvalue weighted by atomic mass is 16.5. The van der Waals surface area contributed by atoms with Gasteiger partial charge in [0.25, 0.3) is 0 Å². The van der Waals surface area contributed by atoms with Crippen LogP contribution in [0.1, 0.15) is 31.4 Å². The van der Waals surface area contributed by atoms with E-state index in [0.717, 1.165) is 16.9 Å². The SMILES string of the molecule is CCNC(C)(CCOc1cc(C)ccc1C)C(N)=O. The number of hydrogen-bond acceptors (Lipinski definition) is 3. The molecular weight excluding hydrogens is 240 g/mol. The summed E-state index contributed by atoms with van der Waals surface area (Å²) in [6, 6.07) is 6.08. The van der Waals surface area contributed by atoms with Crippen LogP contribution in [0.4, 0.5) is 0 Å². The number of aryl methyl sites for hydroxylation is 2. The normalized spacial score (nSPS) is 13.9. The van der Waals surface area contributed by atoms with Crippen molar-refractivity contribution in [3.8, 4) is 5.75 Å². The van der Waals surface area contributed by atoms with Crippen LogP contribution in [0.3, 0.4) is 0 Å². The van der Waals surface area contributed by atoms with Crippen molar-refractivity contribution in [3.63, 3.8) is 0 Å². The molecule has 1 aromatic carbocycles. The number of carbonyl (C=O) groups excluding carboxylic acids is 1. The van der Waals surface area contributed by atoms with Gasteiger partial charge in [-0.15, -0.1) is 0 Å². The monoisotopic (exact) mass is 264 g/mol. The second kappa shape index (κ2) is 6.57. The van der Waals surface area contributed by atoms with Crippen LogP contribution in [0, 0.1) is 13.8 Å². The molecule has 3 N–H and O–H groups in total. The Labute approximate surface area is 115 Å². The molecule has 0 bridgehead atoms. The van der Waals surface area contributed by atoms with E-state index in [1.54, 1.807) is 0 Å². The summed E-state index contributed by atoms with van der Waals surface area (Å²) < 4.78 is 5.76. The Balaban J connectivity index is 2.62. The molecule has 0 radical (unpaired) electrons. The molecule has 0 aliphatic carbocycles. The number of primary amides is 1. The first-order valence-corrected chi connectivity index (χ1v) is 6.64. The first kappa shape index (κ1) is 15.5. The van der Waals surface area contributed by atoms with Crippen molar-refractivity contribution >= 4 is 5.91 Å². The topological polar surface area (TPSA) is 64.3 Å². The van der Waals surface area contributed by atoms with E-state index in [-0.39, 0.29) is 5.91 Å². The van der Waals surface area contributed by atoms with Gasteiger partial charge in [-0.1, -0.05) is 19.1 Å². The van der Waals surface area contributed by atoms with Crippen molar-refractivity contribution in [2.75, 3.05) is 13.2 Å². The van der Waals surface area contributed by atoms with Gasteiger partial charge in [-0.2, -0.15) is 0 Å². The summed E-state index contributed by atoms with van der Waals surface area (Å²) in [5.41, 5.74) is 6.97. The van der Waals surface area contributed by atoms with Crippen LogP contribution in [0.25, 0.3) is 0 Å². The first-order valence-electron chi connectivity index (χ1n) is 6.64. The molecule has 0 heterocycles. The molecule has 0 saturated carbocycles. The molecule has 4 nitrogen and oxygen atoms in total. The maximum absolute atomic E-state index is 11.5. The van der Waals surface area contributed by atoms with Crippen molar-refractivity contribution < 1.29 is 9.53 Å². The second-order valence-electron chi connectivity index (χ2n) is 5.09. The number of likely N-dealkylation sites (N-methyl/N-ethyl adjacent to an activating group) is 1. The summed E-state index contributed by atoms with van der Waals surface area (Å²) in [7, 11) is 0. The molecule has 106 valence electrons. The zero-order valence-corrected chi connectivity index (χ0v) is 12.2. The van der Waals surface area contributed by atoms with Crippen molar-refractivity contribution in [1.82, 2.24) is 5.32 Å². The summed E-state index contributed by atoms with van der Waals surface area (Å²) in [4.78, 5) is 11.5. The molecule has 0 saturated heterocycles. The largest absolute Gasteiger partial charge is 0.493 e. The summed E-state index contributed by atoms with van der Waals surface area (Å²) in [5, 5.41) is 3.12. The minimum atomic E-state index is -0.716. The minimum Gasteiger partial charge on any atom is -0.493 e. The molecule has 1 unspecified atom stereocenters. The number of amides is 1. The lowest BCUT2D eigenvalue weighted by molar-refractivity contribution is -0.124. The highest BCUT2D eigenvalue weighted by molar-refractivity contribution is 5.84. The molecule has 1 amide bonds. The smallest absolute Gasteiger partial charge is 0.237 e. The lowest BCUT2D eigenvalue weighted by atomic mass is 9.97. The minimum absolute atomic E-state index is 0.348. The fourth-order valence-corrected chi connectivity index (χ4v) is 1.92. The standard InChI is InChI=1S/C15H24N2O2/c1-5-17-15(4,14(16)18)8-9-19-13-10-11(2)6-7-12(13)3/h6-7,10,17H,5,8-9H2,1-4H3,(H2,16,18). The molecule has 4 heteroatoms. The first-order chi connectivity index (χ1) is 8.89. The van der Waals surface area contributed by atoms with Crippen LogP contribution in [0.2, 0.25) is 0 Å². The molecule has 1 atom stereocenters. The Bertz CT molecular complexity index is 446. The van der Waals surface area contributed by atoms with Crippen LogP contribution in [-0.4, -0.2) is 24.6 Å². The van der Waals surface area contributed by atoms with Gasteiger partial charge in [0, 0.05) is 6.42 Å². The molecular formula is C15H24N2O2. The Morgan fingerprint density at radius 2 is 2.11 bits per heavy atom. The number of hydrogen-bond donors (Lipinski definition) is 2. The number of nitrogens with one attached hydrogen (secondary N) is 1. The van der Waals surface area contributed by atoms with Crippen LogP contribution >= 0.6 is 0 Å². The van der Waals surface area contributed by atoms with Crippen molar-refractivity contribution in [3.05, 3.63) is 29.3 Å². The molecule has 0 aliphatic rings. The van der Waals surface area contributed by atoms with Gasteiger partial charge in [-0.25, -0.2) is 0 Å². The maximum atomic E-state index is 11.5. The van der Waals surface area contributed by atoms with Crippen molar-refractivity contribution in [1.29, 1.82) is 0 Å². The summed E-state index contributed by atoms with van der Waals surface area (Å²) in [5.74, 6) is 0.516. The maximum Gasteiger partial charge on any atom is 0.237 e. The zero-order chi connectivity index (χ0) is 14.5. The van der Waals surface area contributed by atoms with Gasteiger partial charge in [-0.05, 0) is 44.5 Å². The van der Waals surface area contributed by atoms with E-state index >= 15 is 0 Å². The predicted octanol–water partition coefficient (Wildman–Crippen LogP) is 1.93. The average molecular weight is 264 g/mol. The van der Waals surface area contributed by atoms with Gasteiger partial charge < -0.3 is 15.8 Å². The zero-order valence-electron chi connectivity index (χ0n) is 12.2. The fraction of sp³-hybridized carbons (Fsp3) is 0.533. The average Bonchev–Trinajstić information content (AvgIpc) is 2.33. The number of ether oxygens (including phenoxy) is 1. The highest BCUT2D eigenvalue weighted by Crippen LogP contribution is 2.20. The van der Waals surface area contributed by atoms with E-state index in [1.807, 2.05) is 45.9 Å². The van der Waals surface area contributed by atoms with Crippen LogP contribution in [0.15, 0.2) is 18.2 Å². The summed E-state index contributed by atoms with van der Waals surface area (Å²) in [6.45, 7) is 8.95. The van der Waals surface area contributed by atoms with Crippen molar-refractivity contribution in [2.45, 2.75) is 39.7 Å². The van der Waals surface area contributed by atoms with Crippen LogP contribution < -0.4 is 15.8 Å². The summed E-state index contributed by atoms with van der Waals surface area (Å²) >= 11 is 0. The number of carbonyl (C=O) groups is 1. The predicted molar refractivity (Wildman–Crippen MR) is 77.3 cm³/mol. The molecule has 0 spiro atoms. The van der Waals surface area contributed by atoms with Crippen LogP contribution in [0.5, 0.6) is 5.75 Å². The molecule has 0 aromatic heterocycles. The van der Waals surface area contributed by atoms with E-state index in [0.29, 0.717) is 19.6 Å². The Hall–Kier alpha value is -1.55. The van der Waals surface area contributed by atoms with Crippen molar-refractivity contribution in [2.24, 2.45) is 5.73 Å². The van der Waals surface area contributed by atoms with Crippen LogP contribution in [-0.2, 0) is 4.79 Å². The quantitative estimate of drug-likeness (QED) is 0.791. The van der Waals surface area contributed by atoms with Gasteiger partial charge in [0.1, 0.15) is 5.75 Å². The van der Waals surface area contributed by atoms with E-state index in [9.17, 15) is 4.79 Å². The molecule has 1 aromatic rings. The van der Waals surface area contributed by atoms with Gasteiger partial charge in [0.15, 0.2) is 0 Å². The molecule has 0 aliphatic heterocycles. The Kier molecular flexibility index (Phi) is 5.36. The van der Waals surface area contributed by atoms with E-state index in [4.69, 9.17) is 10.5 Å². The van der Waals surface area contributed by atoms with Gasteiger partial charge >= 0.3 is 0 Å². The third kappa shape index (κ3) is 4.24. The van der Waals surface area contributed by atoms with Gasteiger partial charge in [0.2, 0.25) is 5.91 Å². The fourth-order valence-electron chi connectivity index (χ4n) is 1.92. The van der Waals surface area contributed by atoms with E-state index < -0.39 is 5.54 Å².